The Labute approximate surface area is 151 Å². The van der Waals surface area contributed by atoms with Crippen LogP contribution in [0, 0.1) is 0 Å². The summed E-state index contributed by atoms with van der Waals surface area (Å²) in [6.07, 6.45) is 0. The zero-order valence-electron chi connectivity index (χ0n) is 14.3. The summed E-state index contributed by atoms with van der Waals surface area (Å²) in [7, 11) is -5.88. The van der Waals surface area contributed by atoms with Crippen molar-refractivity contribution in [1.29, 1.82) is 0 Å². The Morgan fingerprint density at radius 1 is 0.960 bits per heavy atom. The molecular formula is C18H22FNO3S2. The van der Waals surface area contributed by atoms with Crippen LogP contribution in [0.4, 0.5) is 4.39 Å². The maximum atomic E-state index is 15.2. The summed E-state index contributed by atoms with van der Waals surface area (Å²) in [5.74, 6) is 0. The largest absolute Gasteiger partial charge is 0.242 e. The van der Waals surface area contributed by atoms with Gasteiger partial charge >= 0.3 is 0 Å². The van der Waals surface area contributed by atoms with E-state index in [2.05, 4.69) is 4.72 Å². The van der Waals surface area contributed by atoms with Crippen molar-refractivity contribution in [2.75, 3.05) is 0 Å². The maximum absolute atomic E-state index is 15.2. The monoisotopic (exact) mass is 383 g/mol. The van der Waals surface area contributed by atoms with Gasteiger partial charge in [-0.1, -0.05) is 48.5 Å². The standard InChI is InChI=1S/C18H22FNO3S2/c1-18(2,3)24(21)20-16(14-10-6-4-7-11-14)17(19)25(22,23)15-12-8-5-9-13-15/h4-13,16-17,20H,1-3H3/t16-,17+,24?/m0/s1. The van der Waals surface area contributed by atoms with Crippen molar-refractivity contribution < 1.29 is 17.0 Å². The fraction of sp³-hybridized carbons (Fsp3) is 0.333. The third kappa shape index (κ3) is 4.74. The second-order valence-corrected chi connectivity index (χ2v) is 10.6. The highest BCUT2D eigenvalue weighted by atomic mass is 32.2. The minimum atomic E-state index is -4.24. The molecule has 0 aromatic heterocycles. The molecule has 0 aliphatic heterocycles. The number of hydrogen-bond acceptors (Lipinski definition) is 3. The quantitative estimate of drug-likeness (QED) is 0.830. The number of rotatable bonds is 6. The van der Waals surface area contributed by atoms with E-state index in [1.165, 1.54) is 24.3 Å². The molecule has 4 nitrogen and oxygen atoms in total. The second kappa shape index (κ2) is 7.76. The lowest BCUT2D eigenvalue weighted by Gasteiger charge is -2.26. The van der Waals surface area contributed by atoms with E-state index in [9.17, 15) is 12.6 Å². The first-order valence-corrected chi connectivity index (χ1v) is 10.5. The van der Waals surface area contributed by atoms with E-state index in [4.69, 9.17) is 0 Å². The minimum Gasteiger partial charge on any atom is -0.242 e. The van der Waals surface area contributed by atoms with Gasteiger partial charge in [-0.25, -0.2) is 21.7 Å². The van der Waals surface area contributed by atoms with Crippen LogP contribution >= 0.6 is 0 Å². The molecule has 2 rings (SSSR count). The van der Waals surface area contributed by atoms with E-state index in [1.807, 2.05) is 0 Å². The van der Waals surface area contributed by atoms with E-state index in [1.54, 1.807) is 57.2 Å². The molecule has 2 aromatic rings. The predicted octanol–water partition coefficient (Wildman–Crippen LogP) is 3.55. The number of alkyl halides is 1. The molecule has 1 N–H and O–H groups in total. The molecule has 7 heteroatoms. The van der Waals surface area contributed by atoms with Gasteiger partial charge in [-0.05, 0) is 38.5 Å². The molecule has 1 unspecified atom stereocenters. The number of hydrogen-bond donors (Lipinski definition) is 1. The average molecular weight is 384 g/mol. The molecule has 0 heterocycles. The maximum Gasteiger partial charge on any atom is 0.225 e. The van der Waals surface area contributed by atoms with Crippen LogP contribution in [0.2, 0.25) is 0 Å². The van der Waals surface area contributed by atoms with E-state index in [-0.39, 0.29) is 4.90 Å². The molecule has 0 amide bonds. The topological polar surface area (TPSA) is 63.2 Å². The van der Waals surface area contributed by atoms with Crippen molar-refractivity contribution >= 4 is 20.8 Å². The first-order chi connectivity index (χ1) is 11.6. The van der Waals surface area contributed by atoms with Crippen LogP contribution in [0.3, 0.4) is 0 Å². The first kappa shape index (κ1) is 19.8. The van der Waals surface area contributed by atoms with Crippen molar-refractivity contribution in [2.24, 2.45) is 0 Å². The molecule has 0 bridgehead atoms. The molecule has 2 aromatic carbocycles. The smallest absolute Gasteiger partial charge is 0.225 e. The SMILES string of the molecule is CC(C)(C)S(=O)N[C@@H](c1ccccc1)[C@H](F)S(=O)(=O)c1ccccc1. The Morgan fingerprint density at radius 2 is 1.44 bits per heavy atom. The fourth-order valence-corrected chi connectivity index (χ4v) is 4.45. The predicted molar refractivity (Wildman–Crippen MR) is 98.7 cm³/mol. The van der Waals surface area contributed by atoms with Crippen molar-refractivity contribution in [3.05, 3.63) is 66.2 Å². The summed E-state index contributed by atoms with van der Waals surface area (Å²) in [4.78, 5) is -0.105. The lowest BCUT2D eigenvalue weighted by Crippen LogP contribution is -2.41. The summed E-state index contributed by atoms with van der Waals surface area (Å²) >= 11 is 0. The Kier molecular flexibility index (Phi) is 6.13. The lowest BCUT2D eigenvalue weighted by atomic mass is 10.1. The summed E-state index contributed by atoms with van der Waals surface area (Å²) in [5, 5.41) is 0. The van der Waals surface area contributed by atoms with Gasteiger partial charge in [0.25, 0.3) is 0 Å². The summed E-state index contributed by atoms with van der Waals surface area (Å²) < 4.78 is 55.0. The highest BCUT2D eigenvalue weighted by molar-refractivity contribution is 7.92. The number of nitrogens with one attached hydrogen (secondary N) is 1. The Morgan fingerprint density at radius 3 is 1.92 bits per heavy atom. The zero-order valence-corrected chi connectivity index (χ0v) is 16.0. The molecule has 0 saturated carbocycles. The molecule has 0 radical (unpaired) electrons. The molecule has 136 valence electrons. The molecule has 25 heavy (non-hydrogen) atoms. The van der Waals surface area contributed by atoms with E-state index < -0.39 is 37.1 Å². The third-order valence-electron chi connectivity index (χ3n) is 3.58. The second-order valence-electron chi connectivity index (χ2n) is 6.60. The van der Waals surface area contributed by atoms with Gasteiger partial charge in [-0.15, -0.1) is 0 Å². The Hall–Kier alpha value is -1.57. The number of benzene rings is 2. The van der Waals surface area contributed by atoms with Crippen molar-refractivity contribution in [2.45, 2.75) is 42.0 Å². The Balaban J connectivity index is 2.43. The van der Waals surface area contributed by atoms with E-state index in [0.717, 1.165) is 0 Å². The van der Waals surface area contributed by atoms with Gasteiger partial charge in [-0.3, -0.25) is 0 Å². The van der Waals surface area contributed by atoms with Crippen LogP contribution in [0.15, 0.2) is 65.6 Å². The van der Waals surface area contributed by atoms with Gasteiger partial charge in [0.2, 0.25) is 15.3 Å². The van der Waals surface area contributed by atoms with Crippen molar-refractivity contribution in [3.8, 4) is 0 Å². The molecule has 0 saturated heterocycles. The minimum absolute atomic E-state index is 0.105. The van der Waals surface area contributed by atoms with Gasteiger partial charge in [0.1, 0.15) is 0 Å². The first-order valence-electron chi connectivity index (χ1n) is 7.80. The van der Waals surface area contributed by atoms with E-state index >= 15 is 4.39 Å². The highest BCUT2D eigenvalue weighted by Gasteiger charge is 2.38. The van der Waals surface area contributed by atoms with Crippen LogP contribution in [0.1, 0.15) is 32.4 Å². The summed E-state index contributed by atoms with van der Waals surface area (Å²) in [5.41, 5.74) is -1.85. The zero-order chi connectivity index (χ0) is 18.7. The van der Waals surface area contributed by atoms with Crippen molar-refractivity contribution in [1.82, 2.24) is 4.72 Å². The van der Waals surface area contributed by atoms with Gasteiger partial charge < -0.3 is 0 Å². The van der Waals surface area contributed by atoms with Crippen LogP contribution in [0.25, 0.3) is 0 Å². The van der Waals surface area contributed by atoms with Gasteiger partial charge in [0.05, 0.1) is 26.7 Å². The summed E-state index contributed by atoms with van der Waals surface area (Å²) in [6.45, 7) is 5.20. The molecular weight excluding hydrogens is 361 g/mol. The van der Waals surface area contributed by atoms with Gasteiger partial charge in [-0.2, -0.15) is 0 Å². The average Bonchev–Trinajstić information content (AvgIpc) is 2.59. The molecule has 0 aliphatic carbocycles. The van der Waals surface area contributed by atoms with Gasteiger partial charge in [0.15, 0.2) is 0 Å². The van der Waals surface area contributed by atoms with Crippen LogP contribution in [-0.2, 0) is 20.8 Å². The molecule has 0 aliphatic rings. The highest BCUT2D eigenvalue weighted by Crippen LogP contribution is 2.29. The molecule has 0 fully saturated rings. The van der Waals surface area contributed by atoms with E-state index in [0.29, 0.717) is 5.56 Å². The van der Waals surface area contributed by atoms with Crippen LogP contribution < -0.4 is 4.72 Å². The van der Waals surface area contributed by atoms with Crippen molar-refractivity contribution in [3.63, 3.8) is 0 Å². The normalized spacial score (nSPS) is 16.2. The number of halogens is 1. The van der Waals surface area contributed by atoms with Crippen LogP contribution in [0.5, 0.6) is 0 Å². The molecule has 3 atom stereocenters. The Bertz CT molecular complexity index is 818. The summed E-state index contributed by atoms with van der Waals surface area (Å²) in [6, 6.07) is 14.6. The van der Waals surface area contributed by atoms with Gasteiger partial charge in [0, 0.05) is 0 Å². The fourth-order valence-electron chi connectivity index (χ4n) is 2.14. The van der Waals surface area contributed by atoms with Crippen LogP contribution in [-0.4, -0.2) is 22.9 Å². The lowest BCUT2D eigenvalue weighted by molar-refractivity contribution is 0.354. The molecule has 0 spiro atoms. The third-order valence-corrected chi connectivity index (χ3v) is 6.95. The number of sulfone groups is 1.